The van der Waals surface area contributed by atoms with Crippen molar-refractivity contribution in [1.82, 2.24) is 4.98 Å². The van der Waals surface area contributed by atoms with Crippen LogP contribution in [0.15, 0.2) is 78.9 Å². The summed E-state index contributed by atoms with van der Waals surface area (Å²) in [6.45, 7) is 0.395. The average Bonchev–Trinajstić information content (AvgIpc) is 2.73. The highest BCUT2D eigenvalue weighted by Gasteiger charge is 2.24. The van der Waals surface area contributed by atoms with Gasteiger partial charge in [0.15, 0.2) is 0 Å². The molecule has 2 heterocycles. The molecule has 0 atom stereocenters. The lowest BCUT2D eigenvalue weighted by atomic mass is 9.92. The van der Waals surface area contributed by atoms with Gasteiger partial charge in [0, 0.05) is 27.3 Å². The van der Waals surface area contributed by atoms with Gasteiger partial charge in [0.05, 0.1) is 11.4 Å². The van der Waals surface area contributed by atoms with E-state index in [1.165, 1.54) is 0 Å². The van der Waals surface area contributed by atoms with Gasteiger partial charge in [-0.1, -0.05) is 60.1 Å². The van der Waals surface area contributed by atoms with Crippen molar-refractivity contribution < 1.29 is 9.84 Å². The topological polar surface area (TPSA) is 42.4 Å². The number of para-hydroxylation sites is 2. The van der Waals surface area contributed by atoms with Crippen molar-refractivity contribution in [1.29, 1.82) is 0 Å². The summed E-state index contributed by atoms with van der Waals surface area (Å²) in [6, 6.07) is 24.8. The van der Waals surface area contributed by atoms with E-state index in [9.17, 15) is 5.11 Å². The Morgan fingerprint density at radius 2 is 1.46 bits per heavy atom. The molecule has 4 heteroatoms. The quantitative estimate of drug-likeness (QED) is 0.438. The van der Waals surface area contributed by atoms with Crippen LogP contribution in [-0.2, 0) is 6.61 Å². The zero-order valence-corrected chi connectivity index (χ0v) is 15.6. The number of pyridine rings is 1. The number of phenolic OH excluding ortho intramolecular Hbond substituents is 1. The van der Waals surface area contributed by atoms with Crippen molar-refractivity contribution in [3.63, 3.8) is 0 Å². The first-order chi connectivity index (χ1) is 13.7. The molecule has 1 aliphatic heterocycles. The van der Waals surface area contributed by atoms with E-state index in [1.807, 2.05) is 72.8 Å². The molecule has 136 valence electrons. The van der Waals surface area contributed by atoms with Gasteiger partial charge in [-0.15, -0.1) is 0 Å². The Morgan fingerprint density at radius 3 is 2.25 bits per heavy atom. The number of aromatic nitrogens is 1. The van der Waals surface area contributed by atoms with E-state index in [0.717, 1.165) is 45.0 Å². The molecule has 1 aliphatic rings. The molecular formula is C24H16ClNO2. The smallest absolute Gasteiger partial charge is 0.129 e. The zero-order valence-electron chi connectivity index (χ0n) is 14.9. The number of ether oxygens (including phenoxy) is 1. The Kier molecular flexibility index (Phi) is 4.03. The Labute approximate surface area is 167 Å². The molecule has 0 fully saturated rings. The number of rotatable bonds is 2. The molecule has 1 aromatic heterocycles. The van der Waals surface area contributed by atoms with Gasteiger partial charge < -0.3 is 9.84 Å². The van der Waals surface area contributed by atoms with Crippen molar-refractivity contribution in [2.45, 2.75) is 6.61 Å². The lowest BCUT2D eigenvalue weighted by molar-refractivity contribution is 0.302. The monoisotopic (exact) mass is 385 g/mol. The summed E-state index contributed by atoms with van der Waals surface area (Å²) < 4.78 is 5.97. The second-order valence-corrected chi connectivity index (χ2v) is 7.07. The third-order valence-electron chi connectivity index (χ3n) is 4.98. The molecule has 0 saturated heterocycles. The third kappa shape index (κ3) is 2.72. The zero-order chi connectivity index (χ0) is 19.1. The largest absolute Gasteiger partial charge is 0.507 e. The highest BCUT2D eigenvalue weighted by molar-refractivity contribution is 6.33. The fraction of sp³-hybridized carbons (Fsp3) is 0.0417. The standard InChI is InChI=1S/C24H16ClNO2/c25-20-10-4-1-8-16(20)21-13-18(15-7-2-5-11-22(15)27)19-14-28-23-12-6-3-9-17(23)24(19)26-21/h1-13,27H,14H2. The van der Waals surface area contributed by atoms with Crippen LogP contribution in [-0.4, -0.2) is 10.1 Å². The van der Waals surface area contributed by atoms with Crippen LogP contribution in [0.25, 0.3) is 33.6 Å². The van der Waals surface area contributed by atoms with Gasteiger partial charge in [-0.3, -0.25) is 0 Å². The number of hydrogen-bond acceptors (Lipinski definition) is 3. The van der Waals surface area contributed by atoms with Crippen molar-refractivity contribution in [3.8, 4) is 45.1 Å². The maximum Gasteiger partial charge on any atom is 0.129 e. The summed E-state index contributed by atoms with van der Waals surface area (Å²) in [5.74, 6) is 1.03. The number of hydrogen-bond donors (Lipinski definition) is 1. The van der Waals surface area contributed by atoms with Crippen molar-refractivity contribution in [3.05, 3.63) is 89.4 Å². The first-order valence-electron chi connectivity index (χ1n) is 9.02. The maximum absolute atomic E-state index is 10.5. The fourth-order valence-corrected chi connectivity index (χ4v) is 3.86. The van der Waals surface area contributed by atoms with E-state index in [0.29, 0.717) is 11.6 Å². The molecule has 3 nitrogen and oxygen atoms in total. The Bertz CT molecular complexity index is 1200. The van der Waals surface area contributed by atoms with E-state index >= 15 is 0 Å². The van der Waals surface area contributed by atoms with E-state index in [1.54, 1.807) is 6.07 Å². The van der Waals surface area contributed by atoms with Gasteiger partial charge in [0.25, 0.3) is 0 Å². The fourth-order valence-electron chi connectivity index (χ4n) is 3.63. The summed E-state index contributed by atoms with van der Waals surface area (Å²) in [7, 11) is 0. The van der Waals surface area contributed by atoms with E-state index < -0.39 is 0 Å². The second-order valence-electron chi connectivity index (χ2n) is 6.66. The Balaban J connectivity index is 1.84. The molecule has 0 aliphatic carbocycles. The predicted molar refractivity (Wildman–Crippen MR) is 112 cm³/mol. The molecule has 0 bridgehead atoms. The lowest BCUT2D eigenvalue weighted by Crippen LogP contribution is -2.09. The molecular weight excluding hydrogens is 370 g/mol. The first-order valence-corrected chi connectivity index (χ1v) is 9.39. The minimum Gasteiger partial charge on any atom is -0.507 e. The highest BCUT2D eigenvalue weighted by Crippen LogP contribution is 2.44. The number of halogens is 1. The van der Waals surface area contributed by atoms with Crippen molar-refractivity contribution in [2.24, 2.45) is 0 Å². The van der Waals surface area contributed by atoms with E-state index in [-0.39, 0.29) is 5.75 Å². The molecule has 0 saturated carbocycles. The van der Waals surface area contributed by atoms with Crippen molar-refractivity contribution in [2.75, 3.05) is 0 Å². The first kappa shape index (κ1) is 16.8. The second kappa shape index (κ2) is 6.70. The van der Waals surface area contributed by atoms with Crippen LogP contribution in [0.5, 0.6) is 11.5 Å². The Hall–Kier alpha value is -3.30. The summed E-state index contributed by atoms with van der Waals surface area (Å²) in [5.41, 5.74) is 6.01. The Morgan fingerprint density at radius 1 is 0.786 bits per heavy atom. The summed E-state index contributed by atoms with van der Waals surface area (Å²) >= 11 is 6.46. The van der Waals surface area contributed by atoms with E-state index in [2.05, 4.69) is 0 Å². The van der Waals surface area contributed by atoms with Crippen LogP contribution >= 0.6 is 11.6 Å². The normalized spacial score (nSPS) is 12.0. The van der Waals surface area contributed by atoms with Crippen LogP contribution in [0.4, 0.5) is 0 Å². The highest BCUT2D eigenvalue weighted by atomic mass is 35.5. The van der Waals surface area contributed by atoms with Crippen LogP contribution in [0.1, 0.15) is 5.56 Å². The number of nitrogens with zero attached hydrogens (tertiary/aromatic N) is 1. The SMILES string of the molecule is Oc1ccccc1-c1cc(-c2ccccc2Cl)nc2c1COc1ccccc1-2. The number of phenols is 1. The minimum atomic E-state index is 0.222. The summed E-state index contributed by atoms with van der Waals surface area (Å²) in [5, 5.41) is 11.1. The average molecular weight is 386 g/mol. The molecule has 28 heavy (non-hydrogen) atoms. The third-order valence-corrected chi connectivity index (χ3v) is 5.31. The molecule has 0 radical (unpaired) electrons. The van der Waals surface area contributed by atoms with Gasteiger partial charge in [-0.25, -0.2) is 4.98 Å². The molecule has 0 unspecified atom stereocenters. The van der Waals surface area contributed by atoms with Gasteiger partial charge in [0.2, 0.25) is 0 Å². The molecule has 5 rings (SSSR count). The lowest BCUT2D eigenvalue weighted by Gasteiger charge is -2.24. The summed E-state index contributed by atoms with van der Waals surface area (Å²) in [4.78, 5) is 4.96. The van der Waals surface area contributed by atoms with Gasteiger partial charge in [-0.05, 0) is 35.9 Å². The number of aromatic hydroxyl groups is 1. The molecule has 3 aromatic carbocycles. The number of benzene rings is 3. The van der Waals surface area contributed by atoms with Crippen molar-refractivity contribution >= 4 is 11.6 Å². The minimum absolute atomic E-state index is 0.222. The van der Waals surface area contributed by atoms with Crippen LogP contribution in [0.3, 0.4) is 0 Å². The van der Waals surface area contributed by atoms with Gasteiger partial charge >= 0.3 is 0 Å². The van der Waals surface area contributed by atoms with Crippen LogP contribution < -0.4 is 4.74 Å². The number of fused-ring (bicyclic) bond motifs is 3. The molecule has 0 amide bonds. The molecule has 4 aromatic rings. The predicted octanol–water partition coefficient (Wildman–Crippen LogP) is 6.33. The van der Waals surface area contributed by atoms with Crippen LogP contribution in [0, 0.1) is 0 Å². The summed E-state index contributed by atoms with van der Waals surface area (Å²) in [6.07, 6.45) is 0. The van der Waals surface area contributed by atoms with E-state index in [4.69, 9.17) is 21.3 Å². The molecule has 1 N–H and O–H groups in total. The van der Waals surface area contributed by atoms with Gasteiger partial charge in [-0.2, -0.15) is 0 Å². The maximum atomic E-state index is 10.5. The van der Waals surface area contributed by atoms with Crippen LogP contribution in [0.2, 0.25) is 5.02 Å². The van der Waals surface area contributed by atoms with Gasteiger partial charge in [0.1, 0.15) is 18.1 Å². The molecule has 0 spiro atoms.